The minimum atomic E-state index is 1.00. The lowest BCUT2D eigenvalue weighted by atomic mass is 11.0. The molecule has 0 aliphatic heterocycles. The summed E-state index contributed by atoms with van der Waals surface area (Å²) in [6.45, 7) is 0. The third-order valence-corrected chi connectivity index (χ3v) is 1.82. The van der Waals surface area contributed by atoms with Gasteiger partial charge in [0.2, 0.25) is 0 Å². The van der Waals surface area contributed by atoms with Crippen LogP contribution in [0, 0.1) is 0 Å². The number of aromatic nitrogens is 2. The SMILES string of the molecule is CSc1csnn1. The van der Waals surface area contributed by atoms with Gasteiger partial charge < -0.3 is 0 Å². The number of hydrogen-bond acceptors (Lipinski definition) is 4. The Morgan fingerprint density at radius 3 is 3.00 bits per heavy atom. The molecule has 1 rings (SSSR count). The maximum absolute atomic E-state index is 3.77. The fourth-order valence-corrected chi connectivity index (χ4v) is 1.25. The molecule has 1 heterocycles. The van der Waals surface area contributed by atoms with Crippen LogP contribution in [0.2, 0.25) is 0 Å². The van der Waals surface area contributed by atoms with Crippen LogP contribution in [0.15, 0.2) is 10.4 Å². The Morgan fingerprint density at radius 2 is 2.71 bits per heavy atom. The standard InChI is InChI=1S/C3H4N2S2/c1-6-3-2-7-5-4-3/h2H,1H3. The van der Waals surface area contributed by atoms with Gasteiger partial charge in [0.15, 0.2) is 0 Å². The number of thioether (sulfide) groups is 1. The van der Waals surface area contributed by atoms with Gasteiger partial charge in [-0.1, -0.05) is 4.49 Å². The maximum Gasteiger partial charge on any atom is 0.131 e. The molecule has 0 saturated carbocycles. The molecule has 0 fully saturated rings. The highest BCUT2D eigenvalue weighted by atomic mass is 32.2. The van der Waals surface area contributed by atoms with Gasteiger partial charge in [-0.05, 0) is 17.8 Å². The van der Waals surface area contributed by atoms with Crippen LogP contribution >= 0.6 is 23.3 Å². The molecule has 0 amide bonds. The van der Waals surface area contributed by atoms with Crippen LogP contribution in [-0.4, -0.2) is 15.8 Å². The Morgan fingerprint density at radius 1 is 1.86 bits per heavy atom. The van der Waals surface area contributed by atoms with Gasteiger partial charge in [-0.2, -0.15) is 0 Å². The fourth-order valence-electron chi connectivity index (χ4n) is 0.245. The normalized spacial score (nSPS) is 9.29. The molecule has 4 heteroatoms. The Balaban J connectivity index is 2.76. The van der Waals surface area contributed by atoms with Crippen LogP contribution in [0.5, 0.6) is 0 Å². The summed E-state index contributed by atoms with van der Waals surface area (Å²) in [5.41, 5.74) is 0. The molecule has 0 spiro atoms. The second kappa shape index (κ2) is 2.28. The molecule has 0 aliphatic carbocycles. The second-order valence-corrected chi connectivity index (χ2v) is 2.38. The fraction of sp³-hybridized carbons (Fsp3) is 0.333. The van der Waals surface area contributed by atoms with Crippen molar-refractivity contribution < 1.29 is 0 Å². The van der Waals surface area contributed by atoms with E-state index in [0.717, 1.165) is 5.03 Å². The summed E-state index contributed by atoms with van der Waals surface area (Å²) >= 11 is 2.99. The van der Waals surface area contributed by atoms with E-state index in [4.69, 9.17) is 0 Å². The molecule has 38 valence electrons. The Hall–Kier alpha value is -0.0900. The molecule has 0 bridgehead atoms. The summed E-state index contributed by atoms with van der Waals surface area (Å²) in [6.07, 6.45) is 1.98. The lowest BCUT2D eigenvalue weighted by Gasteiger charge is -1.74. The zero-order valence-electron chi connectivity index (χ0n) is 3.79. The van der Waals surface area contributed by atoms with E-state index in [2.05, 4.69) is 9.59 Å². The maximum atomic E-state index is 3.77. The zero-order valence-corrected chi connectivity index (χ0v) is 5.42. The van der Waals surface area contributed by atoms with E-state index in [0.29, 0.717) is 0 Å². The third-order valence-electron chi connectivity index (χ3n) is 0.549. The molecule has 0 N–H and O–H groups in total. The minimum absolute atomic E-state index is 1.00. The van der Waals surface area contributed by atoms with Gasteiger partial charge in [-0.25, -0.2) is 0 Å². The van der Waals surface area contributed by atoms with Crippen molar-refractivity contribution in [1.82, 2.24) is 9.59 Å². The van der Waals surface area contributed by atoms with E-state index >= 15 is 0 Å². The summed E-state index contributed by atoms with van der Waals surface area (Å²) in [5, 5.41) is 6.69. The average molecular weight is 132 g/mol. The van der Waals surface area contributed by atoms with E-state index in [1.807, 2.05) is 11.6 Å². The van der Waals surface area contributed by atoms with Crippen molar-refractivity contribution in [1.29, 1.82) is 0 Å². The summed E-state index contributed by atoms with van der Waals surface area (Å²) in [6, 6.07) is 0. The van der Waals surface area contributed by atoms with Crippen LogP contribution < -0.4 is 0 Å². The largest absolute Gasteiger partial charge is 0.132 e. The highest BCUT2D eigenvalue weighted by Gasteiger charge is 1.86. The Labute approximate surface area is 50.1 Å². The topological polar surface area (TPSA) is 25.8 Å². The minimum Gasteiger partial charge on any atom is -0.132 e. The molecule has 1 aromatic rings. The van der Waals surface area contributed by atoms with Crippen molar-refractivity contribution >= 4 is 23.3 Å². The molecule has 7 heavy (non-hydrogen) atoms. The van der Waals surface area contributed by atoms with Gasteiger partial charge in [-0.3, -0.25) is 0 Å². The molecule has 0 aliphatic rings. The van der Waals surface area contributed by atoms with Crippen LogP contribution in [0.4, 0.5) is 0 Å². The van der Waals surface area contributed by atoms with Crippen molar-refractivity contribution in [3.05, 3.63) is 5.38 Å². The van der Waals surface area contributed by atoms with E-state index in [1.165, 1.54) is 11.5 Å². The Bertz CT molecular complexity index is 125. The highest BCUT2D eigenvalue weighted by molar-refractivity contribution is 7.98. The number of rotatable bonds is 1. The number of nitrogens with zero attached hydrogens (tertiary/aromatic N) is 2. The number of hydrogen-bond donors (Lipinski definition) is 0. The van der Waals surface area contributed by atoms with Gasteiger partial charge in [0, 0.05) is 5.38 Å². The lowest BCUT2D eigenvalue weighted by Crippen LogP contribution is -1.64. The molecule has 0 atom stereocenters. The van der Waals surface area contributed by atoms with Gasteiger partial charge in [0.25, 0.3) is 0 Å². The van der Waals surface area contributed by atoms with Crippen LogP contribution in [0.3, 0.4) is 0 Å². The quantitative estimate of drug-likeness (QED) is 0.538. The van der Waals surface area contributed by atoms with E-state index < -0.39 is 0 Å². The second-order valence-electron chi connectivity index (χ2n) is 0.947. The molecule has 0 aromatic carbocycles. The zero-order chi connectivity index (χ0) is 5.11. The predicted octanol–water partition coefficient (Wildman–Crippen LogP) is 1.26. The Kier molecular flexibility index (Phi) is 1.64. The van der Waals surface area contributed by atoms with E-state index in [9.17, 15) is 0 Å². The molecular weight excluding hydrogens is 128 g/mol. The first-order valence-corrected chi connectivity index (χ1v) is 3.80. The third kappa shape index (κ3) is 1.14. The van der Waals surface area contributed by atoms with E-state index in [1.54, 1.807) is 11.8 Å². The monoisotopic (exact) mass is 132 g/mol. The molecular formula is C3H4N2S2. The first kappa shape index (κ1) is 5.05. The van der Waals surface area contributed by atoms with Gasteiger partial charge in [0.1, 0.15) is 5.03 Å². The highest BCUT2D eigenvalue weighted by Crippen LogP contribution is 2.09. The van der Waals surface area contributed by atoms with Crippen molar-refractivity contribution in [3.8, 4) is 0 Å². The van der Waals surface area contributed by atoms with Crippen molar-refractivity contribution in [2.24, 2.45) is 0 Å². The van der Waals surface area contributed by atoms with Crippen LogP contribution in [0.1, 0.15) is 0 Å². The van der Waals surface area contributed by atoms with Crippen molar-refractivity contribution in [2.75, 3.05) is 6.26 Å². The smallest absolute Gasteiger partial charge is 0.131 e. The van der Waals surface area contributed by atoms with Crippen molar-refractivity contribution in [3.63, 3.8) is 0 Å². The summed E-state index contributed by atoms with van der Waals surface area (Å²) in [4.78, 5) is 0. The van der Waals surface area contributed by atoms with Gasteiger partial charge in [-0.15, -0.1) is 16.9 Å². The molecule has 0 saturated heterocycles. The molecule has 2 nitrogen and oxygen atoms in total. The first-order valence-electron chi connectivity index (χ1n) is 1.74. The summed E-state index contributed by atoms with van der Waals surface area (Å²) < 4.78 is 3.66. The first-order chi connectivity index (χ1) is 3.43. The molecule has 0 unspecified atom stereocenters. The molecule has 0 radical (unpaired) electrons. The van der Waals surface area contributed by atoms with Gasteiger partial charge in [0.05, 0.1) is 0 Å². The average Bonchev–Trinajstić information content (AvgIpc) is 2.14. The molecule has 1 aromatic heterocycles. The van der Waals surface area contributed by atoms with Crippen LogP contribution in [0.25, 0.3) is 0 Å². The summed E-state index contributed by atoms with van der Waals surface area (Å²) in [7, 11) is 0. The van der Waals surface area contributed by atoms with Crippen LogP contribution in [-0.2, 0) is 0 Å². The predicted molar refractivity (Wildman–Crippen MR) is 31.7 cm³/mol. The van der Waals surface area contributed by atoms with Gasteiger partial charge >= 0.3 is 0 Å². The lowest BCUT2D eigenvalue weighted by molar-refractivity contribution is 1.04. The summed E-state index contributed by atoms with van der Waals surface area (Å²) in [5.74, 6) is 0. The van der Waals surface area contributed by atoms with Crippen molar-refractivity contribution in [2.45, 2.75) is 5.03 Å². The van der Waals surface area contributed by atoms with E-state index in [-0.39, 0.29) is 0 Å².